The zero-order chi connectivity index (χ0) is 23.6. The summed E-state index contributed by atoms with van der Waals surface area (Å²) in [6, 6.07) is 0. The molecule has 0 unspecified atom stereocenters. The Balaban J connectivity index is 2.27. The van der Waals surface area contributed by atoms with E-state index in [1.807, 2.05) is 0 Å². The lowest BCUT2D eigenvalue weighted by atomic mass is 9.94. The monoisotopic (exact) mass is 455 g/mol. The molecule has 186 valence electrons. The number of likely N-dealkylation sites (tertiary alicyclic amines) is 1. The van der Waals surface area contributed by atoms with Crippen LogP contribution in [0.3, 0.4) is 0 Å². The normalized spacial score (nSPS) is 15.2. The topological polar surface area (TPSA) is 104 Å². The van der Waals surface area contributed by atoms with Crippen molar-refractivity contribution in [2.75, 3.05) is 26.7 Å². The molecule has 1 aliphatic heterocycles. The number of aliphatic carboxylic acids is 2. The summed E-state index contributed by atoms with van der Waals surface area (Å²) in [5.41, 5.74) is 0. The molecule has 1 rings (SSSR count). The van der Waals surface area contributed by atoms with Gasteiger partial charge in [-0.25, -0.2) is 0 Å². The van der Waals surface area contributed by atoms with Crippen molar-refractivity contribution >= 4 is 17.9 Å². The van der Waals surface area contributed by atoms with Gasteiger partial charge in [0.15, 0.2) is 0 Å². The molecular weight excluding hydrogens is 410 g/mol. The summed E-state index contributed by atoms with van der Waals surface area (Å²) in [7, 11) is 2.08. The van der Waals surface area contributed by atoms with Gasteiger partial charge < -0.3 is 19.8 Å². The molecule has 7 heteroatoms. The van der Waals surface area contributed by atoms with Gasteiger partial charge in [0, 0.05) is 12.8 Å². The first-order valence-corrected chi connectivity index (χ1v) is 12.7. The number of unbranched alkanes of at least 4 members (excludes halogenated alkanes) is 8. The Morgan fingerprint density at radius 1 is 0.781 bits per heavy atom. The third-order valence-corrected chi connectivity index (χ3v) is 6.52. The van der Waals surface area contributed by atoms with Gasteiger partial charge in [-0.3, -0.25) is 14.4 Å². The second-order valence-electron chi connectivity index (χ2n) is 9.47. The predicted octanol–water partition coefficient (Wildman–Crippen LogP) is 5.12. The highest BCUT2D eigenvalue weighted by Crippen LogP contribution is 2.22. The van der Waals surface area contributed by atoms with E-state index >= 15 is 0 Å². The molecule has 1 saturated heterocycles. The van der Waals surface area contributed by atoms with Crippen LogP contribution in [0.2, 0.25) is 0 Å². The molecule has 2 N–H and O–H groups in total. The van der Waals surface area contributed by atoms with Gasteiger partial charge in [0.2, 0.25) is 0 Å². The van der Waals surface area contributed by atoms with Crippen molar-refractivity contribution in [2.24, 2.45) is 11.8 Å². The highest BCUT2D eigenvalue weighted by Gasteiger charge is 2.25. The van der Waals surface area contributed by atoms with Crippen LogP contribution in [0.1, 0.15) is 103 Å². The standard InChI is InChI=1S/C25H45NO6/c1-26-18-16-22(17-19-26)25(31)32-20-21(12-8-4-2-6-10-14-23(27)28)13-9-5-3-7-11-15-24(29)30/h21-22H,2-20H2,1H3,(H,27,28)(H,29,30). The minimum atomic E-state index is -0.723. The van der Waals surface area contributed by atoms with Crippen LogP contribution in [0.5, 0.6) is 0 Å². The van der Waals surface area contributed by atoms with Crippen molar-refractivity contribution in [2.45, 2.75) is 103 Å². The van der Waals surface area contributed by atoms with Crippen molar-refractivity contribution in [1.82, 2.24) is 4.90 Å². The van der Waals surface area contributed by atoms with Crippen LogP contribution < -0.4 is 0 Å². The Labute approximate surface area is 193 Å². The number of rotatable bonds is 19. The molecule has 0 spiro atoms. The maximum atomic E-state index is 12.5. The first-order chi connectivity index (χ1) is 15.4. The van der Waals surface area contributed by atoms with Gasteiger partial charge in [-0.15, -0.1) is 0 Å². The number of piperidine rings is 1. The summed E-state index contributed by atoms with van der Waals surface area (Å²) in [6.45, 7) is 2.41. The van der Waals surface area contributed by atoms with Crippen LogP contribution in [0.4, 0.5) is 0 Å². The summed E-state index contributed by atoms with van der Waals surface area (Å²) < 4.78 is 5.73. The van der Waals surface area contributed by atoms with Gasteiger partial charge in [-0.1, -0.05) is 51.4 Å². The Morgan fingerprint density at radius 2 is 1.22 bits per heavy atom. The predicted molar refractivity (Wildman–Crippen MR) is 125 cm³/mol. The molecule has 7 nitrogen and oxygen atoms in total. The summed E-state index contributed by atoms with van der Waals surface area (Å²) in [6.07, 6.45) is 14.2. The van der Waals surface area contributed by atoms with Crippen LogP contribution in [-0.2, 0) is 19.1 Å². The van der Waals surface area contributed by atoms with E-state index in [0.29, 0.717) is 12.5 Å². The van der Waals surface area contributed by atoms with Gasteiger partial charge in [0.05, 0.1) is 12.5 Å². The van der Waals surface area contributed by atoms with Crippen molar-refractivity contribution in [3.05, 3.63) is 0 Å². The number of esters is 1. The molecule has 0 atom stereocenters. The second-order valence-corrected chi connectivity index (χ2v) is 9.47. The quantitative estimate of drug-likeness (QED) is 0.206. The zero-order valence-corrected chi connectivity index (χ0v) is 20.1. The van der Waals surface area contributed by atoms with Crippen LogP contribution in [-0.4, -0.2) is 59.8 Å². The third-order valence-electron chi connectivity index (χ3n) is 6.52. The minimum absolute atomic E-state index is 0.0366. The molecule has 1 heterocycles. The Morgan fingerprint density at radius 3 is 1.69 bits per heavy atom. The van der Waals surface area contributed by atoms with E-state index in [0.717, 1.165) is 103 Å². The first kappa shape index (κ1) is 28.4. The van der Waals surface area contributed by atoms with Gasteiger partial charge in [0.1, 0.15) is 0 Å². The molecule has 0 bridgehead atoms. The first-order valence-electron chi connectivity index (χ1n) is 12.7. The summed E-state index contributed by atoms with van der Waals surface area (Å²) >= 11 is 0. The maximum Gasteiger partial charge on any atom is 0.309 e. The number of hydrogen-bond donors (Lipinski definition) is 2. The van der Waals surface area contributed by atoms with Crippen LogP contribution >= 0.6 is 0 Å². The maximum absolute atomic E-state index is 12.5. The van der Waals surface area contributed by atoms with Gasteiger partial charge in [-0.2, -0.15) is 0 Å². The van der Waals surface area contributed by atoms with E-state index in [-0.39, 0.29) is 24.7 Å². The van der Waals surface area contributed by atoms with Crippen molar-refractivity contribution in [1.29, 1.82) is 0 Å². The molecule has 0 amide bonds. The fourth-order valence-corrected chi connectivity index (χ4v) is 4.35. The van der Waals surface area contributed by atoms with Gasteiger partial charge in [0.25, 0.3) is 0 Å². The van der Waals surface area contributed by atoms with E-state index in [4.69, 9.17) is 14.9 Å². The van der Waals surface area contributed by atoms with Gasteiger partial charge in [-0.05, 0) is 64.6 Å². The largest absolute Gasteiger partial charge is 0.481 e. The van der Waals surface area contributed by atoms with Crippen molar-refractivity contribution in [3.8, 4) is 0 Å². The summed E-state index contributed by atoms with van der Waals surface area (Å²) in [5, 5.41) is 17.4. The number of carbonyl (C=O) groups is 3. The lowest BCUT2D eigenvalue weighted by molar-refractivity contribution is -0.151. The Bertz CT molecular complexity index is 503. The van der Waals surface area contributed by atoms with Gasteiger partial charge >= 0.3 is 17.9 Å². The van der Waals surface area contributed by atoms with Crippen LogP contribution in [0.15, 0.2) is 0 Å². The fraction of sp³-hybridized carbons (Fsp3) is 0.880. The van der Waals surface area contributed by atoms with Crippen molar-refractivity contribution < 1.29 is 29.3 Å². The number of carboxylic acids is 2. The smallest absolute Gasteiger partial charge is 0.309 e. The molecule has 0 aromatic rings. The lowest BCUT2D eigenvalue weighted by Crippen LogP contribution is -2.34. The highest BCUT2D eigenvalue weighted by atomic mass is 16.5. The highest BCUT2D eigenvalue weighted by molar-refractivity contribution is 5.72. The van der Waals surface area contributed by atoms with Crippen LogP contribution in [0, 0.1) is 11.8 Å². The molecule has 1 fully saturated rings. The second kappa shape index (κ2) is 17.9. The number of carboxylic acid groups (broad SMARTS) is 2. The lowest BCUT2D eigenvalue weighted by Gasteiger charge is -2.28. The number of ether oxygens (including phenoxy) is 1. The molecule has 1 aliphatic rings. The molecule has 0 aromatic carbocycles. The minimum Gasteiger partial charge on any atom is -0.481 e. The molecule has 0 saturated carbocycles. The number of nitrogens with zero attached hydrogens (tertiary/aromatic N) is 1. The van der Waals surface area contributed by atoms with E-state index < -0.39 is 11.9 Å². The fourth-order valence-electron chi connectivity index (χ4n) is 4.35. The van der Waals surface area contributed by atoms with E-state index in [1.165, 1.54) is 0 Å². The third kappa shape index (κ3) is 15.2. The Hall–Kier alpha value is -1.63. The summed E-state index contributed by atoms with van der Waals surface area (Å²) in [4.78, 5) is 35.9. The molecule has 32 heavy (non-hydrogen) atoms. The van der Waals surface area contributed by atoms with Crippen molar-refractivity contribution in [3.63, 3.8) is 0 Å². The zero-order valence-electron chi connectivity index (χ0n) is 20.1. The summed E-state index contributed by atoms with van der Waals surface area (Å²) in [5.74, 6) is -1.07. The van der Waals surface area contributed by atoms with E-state index in [9.17, 15) is 14.4 Å². The number of carbonyl (C=O) groups excluding carboxylic acids is 1. The van der Waals surface area contributed by atoms with E-state index in [1.54, 1.807) is 0 Å². The average Bonchev–Trinajstić information content (AvgIpc) is 2.75. The number of hydrogen-bond acceptors (Lipinski definition) is 5. The molecule has 0 aliphatic carbocycles. The SMILES string of the molecule is CN1CCC(C(=O)OCC(CCCCCCCC(=O)O)CCCCCCCC(=O)O)CC1. The van der Waals surface area contributed by atoms with E-state index in [2.05, 4.69) is 11.9 Å². The Kier molecular flexibility index (Phi) is 15.9. The average molecular weight is 456 g/mol. The molecular formula is C25H45NO6. The molecule has 0 radical (unpaired) electrons. The van der Waals surface area contributed by atoms with Crippen LogP contribution in [0.25, 0.3) is 0 Å². The molecule has 0 aromatic heterocycles.